The zero-order valence-electron chi connectivity index (χ0n) is 21.1. The molecular formula is C27H24Cl3N3O5S. The summed E-state index contributed by atoms with van der Waals surface area (Å²) >= 11 is 19.0. The van der Waals surface area contributed by atoms with Crippen molar-refractivity contribution in [1.29, 1.82) is 0 Å². The average Bonchev–Trinajstić information content (AvgIpc) is 3.18. The number of esters is 1. The SMILES string of the molecule is CCOC(=O)C1=C(C)N=c2s/c(=C/c3ccc(O[C@@H](NC(C)=O)C(Cl)(Cl)Cl)cc3)c(=O)n2[C@H]1c1ccccc1. The lowest BCUT2D eigenvalue weighted by Gasteiger charge is -2.25. The predicted octanol–water partition coefficient (Wildman–Crippen LogP) is 4.01. The summed E-state index contributed by atoms with van der Waals surface area (Å²) in [4.78, 5) is 43.1. The van der Waals surface area contributed by atoms with Gasteiger partial charge in [-0.15, -0.1) is 0 Å². The van der Waals surface area contributed by atoms with Gasteiger partial charge in [0, 0.05) is 6.92 Å². The van der Waals surface area contributed by atoms with Crippen LogP contribution in [0.25, 0.3) is 6.08 Å². The smallest absolute Gasteiger partial charge is 0.338 e. The summed E-state index contributed by atoms with van der Waals surface area (Å²) in [7, 11) is 0. The second-order valence-electron chi connectivity index (χ2n) is 8.52. The Morgan fingerprint density at radius 1 is 1.15 bits per heavy atom. The lowest BCUT2D eigenvalue weighted by Crippen LogP contribution is -2.47. The van der Waals surface area contributed by atoms with Gasteiger partial charge in [0.15, 0.2) is 4.80 Å². The van der Waals surface area contributed by atoms with E-state index in [0.29, 0.717) is 31.9 Å². The largest absolute Gasteiger partial charge is 0.466 e. The minimum Gasteiger partial charge on any atom is -0.466 e. The molecule has 0 aliphatic carbocycles. The van der Waals surface area contributed by atoms with E-state index in [2.05, 4.69) is 10.3 Å². The molecular weight excluding hydrogens is 585 g/mol. The molecule has 0 saturated heterocycles. The second kappa shape index (κ2) is 12.0. The zero-order chi connectivity index (χ0) is 28.3. The molecule has 8 nitrogen and oxygen atoms in total. The highest BCUT2D eigenvalue weighted by molar-refractivity contribution is 7.07. The van der Waals surface area contributed by atoms with Crippen molar-refractivity contribution in [2.75, 3.05) is 6.61 Å². The number of carbonyl (C=O) groups excluding carboxylic acids is 2. The Bertz CT molecular complexity index is 1590. The van der Waals surface area contributed by atoms with Crippen molar-refractivity contribution in [2.24, 2.45) is 4.99 Å². The third-order valence-corrected chi connectivity index (χ3v) is 7.27. The van der Waals surface area contributed by atoms with Crippen LogP contribution in [0.4, 0.5) is 0 Å². The van der Waals surface area contributed by atoms with Gasteiger partial charge in [-0.1, -0.05) is 88.6 Å². The van der Waals surface area contributed by atoms with E-state index in [4.69, 9.17) is 44.3 Å². The number of hydrogen-bond acceptors (Lipinski definition) is 7. The number of nitrogens with one attached hydrogen (secondary N) is 1. The van der Waals surface area contributed by atoms with Crippen LogP contribution in [0, 0.1) is 0 Å². The molecule has 2 aromatic carbocycles. The Balaban J connectivity index is 1.72. The molecule has 2 heterocycles. The van der Waals surface area contributed by atoms with Gasteiger partial charge < -0.3 is 14.8 Å². The number of amides is 1. The van der Waals surface area contributed by atoms with E-state index in [-0.39, 0.29) is 12.2 Å². The van der Waals surface area contributed by atoms with E-state index < -0.39 is 27.9 Å². The maximum absolute atomic E-state index is 13.7. The summed E-state index contributed by atoms with van der Waals surface area (Å²) in [5.74, 6) is -0.587. The number of alkyl halides is 3. The highest BCUT2D eigenvalue weighted by atomic mass is 35.6. The third-order valence-electron chi connectivity index (χ3n) is 5.70. The Labute approximate surface area is 243 Å². The van der Waals surface area contributed by atoms with Crippen LogP contribution in [0.15, 0.2) is 75.7 Å². The lowest BCUT2D eigenvalue weighted by molar-refractivity contribution is -0.139. The number of halogens is 3. The first-order chi connectivity index (χ1) is 18.5. The topological polar surface area (TPSA) is 99.0 Å². The summed E-state index contributed by atoms with van der Waals surface area (Å²) in [6.45, 7) is 4.96. The number of nitrogens with zero attached hydrogens (tertiary/aromatic N) is 2. The van der Waals surface area contributed by atoms with E-state index in [1.807, 2.05) is 30.3 Å². The Morgan fingerprint density at radius 3 is 2.41 bits per heavy atom. The molecule has 0 bridgehead atoms. The number of ether oxygens (including phenoxy) is 2. The number of allylic oxidation sites excluding steroid dienone is 1. The van der Waals surface area contributed by atoms with Crippen molar-refractivity contribution in [2.45, 2.75) is 36.8 Å². The van der Waals surface area contributed by atoms with Crippen molar-refractivity contribution in [3.8, 4) is 5.75 Å². The van der Waals surface area contributed by atoms with Crippen molar-refractivity contribution >= 4 is 64.1 Å². The van der Waals surface area contributed by atoms with Crippen molar-refractivity contribution in [3.63, 3.8) is 0 Å². The molecule has 39 heavy (non-hydrogen) atoms. The number of benzene rings is 2. The number of thiazole rings is 1. The maximum Gasteiger partial charge on any atom is 0.338 e. The quantitative estimate of drug-likeness (QED) is 0.248. The summed E-state index contributed by atoms with van der Waals surface area (Å²) in [5, 5.41) is 2.44. The van der Waals surface area contributed by atoms with Gasteiger partial charge in [-0.05, 0) is 43.2 Å². The highest BCUT2D eigenvalue weighted by Crippen LogP contribution is 2.32. The molecule has 0 radical (unpaired) electrons. The first kappa shape index (κ1) is 28.9. The third kappa shape index (κ3) is 6.55. The first-order valence-electron chi connectivity index (χ1n) is 11.8. The lowest BCUT2D eigenvalue weighted by atomic mass is 9.96. The Kier molecular flexibility index (Phi) is 8.86. The number of hydrogen-bond donors (Lipinski definition) is 1. The summed E-state index contributed by atoms with van der Waals surface area (Å²) < 4.78 is 11.0. The summed E-state index contributed by atoms with van der Waals surface area (Å²) in [5.41, 5.74) is 2.01. The second-order valence-corrected chi connectivity index (χ2v) is 11.9. The van der Waals surface area contributed by atoms with Crippen LogP contribution in [0.3, 0.4) is 0 Å². The molecule has 0 fully saturated rings. The van der Waals surface area contributed by atoms with E-state index in [1.165, 1.54) is 22.8 Å². The zero-order valence-corrected chi connectivity index (χ0v) is 24.2. The first-order valence-corrected chi connectivity index (χ1v) is 13.8. The molecule has 1 amide bonds. The van der Waals surface area contributed by atoms with Gasteiger partial charge in [-0.25, -0.2) is 9.79 Å². The van der Waals surface area contributed by atoms with Gasteiger partial charge in [-0.3, -0.25) is 14.2 Å². The van der Waals surface area contributed by atoms with Gasteiger partial charge in [0.2, 0.25) is 15.9 Å². The standard InChI is InChI=1S/C27H24Cl3N3O5S/c1-4-37-24(36)21-15(2)31-26-33(22(21)18-8-6-5-7-9-18)23(35)20(39-26)14-17-10-12-19(13-11-17)38-25(27(28,29)30)32-16(3)34/h5-14,22,25H,4H2,1-3H3,(H,32,34)/b20-14+/t22-,25+/m0/s1. The fourth-order valence-corrected chi connectivity index (χ4v) is 5.38. The van der Waals surface area contributed by atoms with Gasteiger partial charge >= 0.3 is 5.97 Å². The molecule has 1 aliphatic rings. The van der Waals surface area contributed by atoms with Crippen LogP contribution in [0.5, 0.6) is 5.75 Å². The Morgan fingerprint density at radius 2 is 1.82 bits per heavy atom. The monoisotopic (exact) mass is 607 g/mol. The molecule has 1 aromatic heterocycles. The Hall–Kier alpha value is -3.11. The summed E-state index contributed by atoms with van der Waals surface area (Å²) in [6, 6.07) is 15.3. The van der Waals surface area contributed by atoms with E-state index in [1.54, 1.807) is 44.2 Å². The molecule has 204 valence electrons. The maximum atomic E-state index is 13.7. The minimum absolute atomic E-state index is 0.203. The molecule has 12 heteroatoms. The number of aromatic nitrogens is 1. The molecule has 4 rings (SSSR count). The number of fused-ring (bicyclic) bond motifs is 1. The normalized spacial score (nSPS) is 16.3. The van der Waals surface area contributed by atoms with E-state index in [0.717, 1.165) is 5.56 Å². The van der Waals surface area contributed by atoms with Gasteiger partial charge in [0.25, 0.3) is 5.56 Å². The van der Waals surface area contributed by atoms with Crippen LogP contribution >= 0.6 is 46.1 Å². The molecule has 2 atom stereocenters. The van der Waals surface area contributed by atoms with Crippen LogP contribution in [0.2, 0.25) is 0 Å². The fourth-order valence-electron chi connectivity index (χ4n) is 4.04. The predicted molar refractivity (Wildman–Crippen MR) is 152 cm³/mol. The molecule has 0 unspecified atom stereocenters. The summed E-state index contributed by atoms with van der Waals surface area (Å²) in [6.07, 6.45) is 0.517. The highest BCUT2D eigenvalue weighted by Gasteiger charge is 2.36. The number of rotatable bonds is 7. The molecule has 1 aliphatic heterocycles. The van der Waals surface area contributed by atoms with Crippen molar-refractivity contribution in [1.82, 2.24) is 9.88 Å². The molecule has 1 N–H and O–H groups in total. The van der Waals surface area contributed by atoms with Crippen LogP contribution in [0.1, 0.15) is 37.9 Å². The van der Waals surface area contributed by atoms with Crippen LogP contribution < -0.4 is 24.9 Å². The molecule has 0 spiro atoms. The van der Waals surface area contributed by atoms with Crippen molar-refractivity contribution < 1.29 is 19.1 Å². The van der Waals surface area contributed by atoms with E-state index in [9.17, 15) is 14.4 Å². The van der Waals surface area contributed by atoms with Gasteiger partial charge in [0.1, 0.15) is 5.75 Å². The van der Waals surface area contributed by atoms with Crippen LogP contribution in [-0.4, -0.2) is 33.1 Å². The van der Waals surface area contributed by atoms with E-state index >= 15 is 0 Å². The van der Waals surface area contributed by atoms with Crippen molar-refractivity contribution in [3.05, 3.63) is 96.7 Å². The average molecular weight is 609 g/mol. The fraction of sp³-hybridized carbons (Fsp3) is 0.259. The van der Waals surface area contributed by atoms with Gasteiger partial charge in [-0.2, -0.15) is 0 Å². The van der Waals surface area contributed by atoms with Gasteiger partial charge in [0.05, 0.1) is 28.5 Å². The van der Waals surface area contributed by atoms with Crippen LogP contribution in [-0.2, 0) is 14.3 Å². The number of carbonyl (C=O) groups is 2. The minimum atomic E-state index is -1.89. The molecule has 0 saturated carbocycles. The molecule has 3 aromatic rings.